The average Bonchev–Trinajstić information content (AvgIpc) is 2.47. The van der Waals surface area contributed by atoms with Crippen LogP contribution in [0.15, 0.2) is 56.0 Å². The molecule has 0 aliphatic heterocycles. The molecule has 0 radical (unpaired) electrons. The maximum absolute atomic E-state index is 12.7. The van der Waals surface area contributed by atoms with Crippen molar-refractivity contribution in [2.45, 2.75) is 19.6 Å². The zero-order valence-corrected chi connectivity index (χ0v) is 15.2. The first kappa shape index (κ1) is 17.0. The van der Waals surface area contributed by atoms with Gasteiger partial charge in [0.2, 0.25) is 9.84 Å². The molecule has 112 valence electrons. The summed E-state index contributed by atoms with van der Waals surface area (Å²) in [6, 6.07) is 9.43. The van der Waals surface area contributed by atoms with Gasteiger partial charge in [-0.15, -0.1) is 23.5 Å². The summed E-state index contributed by atoms with van der Waals surface area (Å²) < 4.78 is 25.4. The molecule has 0 amide bonds. The number of sulfone groups is 1. The topological polar surface area (TPSA) is 34.1 Å². The van der Waals surface area contributed by atoms with E-state index in [2.05, 4.69) is 0 Å². The smallest absolute Gasteiger partial charge is 0.206 e. The molecule has 0 N–H and O–H groups in total. The Morgan fingerprint density at radius 1 is 0.810 bits per heavy atom. The fourth-order valence-corrected chi connectivity index (χ4v) is 4.93. The highest BCUT2D eigenvalue weighted by atomic mass is 35.5. The third-order valence-electron chi connectivity index (χ3n) is 2.87. The van der Waals surface area contributed by atoms with Crippen molar-refractivity contribution < 1.29 is 8.42 Å². The van der Waals surface area contributed by atoms with E-state index in [4.69, 9.17) is 23.2 Å². The summed E-state index contributed by atoms with van der Waals surface area (Å²) in [5, 5.41) is 1.09. The Balaban J connectivity index is 2.56. The minimum absolute atomic E-state index is 0.227. The van der Waals surface area contributed by atoms with Crippen LogP contribution in [0.2, 0.25) is 10.0 Å². The fourth-order valence-electron chi connectivity index (χ4n) is 1.75. The van der Waals surface area contributed by atoms with Gasteiger partial charge in [-0.3, -0.25) is 0 Å². The maximum Gasteiger partial charge on any atom is 0.206 e. The number of rotatable bonds is 4. The Morgan fingerprint density at radius 2 is 1.19 bits per heavy atom. The van der Waals surface area contributed by atoms with Crippen molar-refractivity contribution in [3.8, 4) is 0 Å². The van der Waals surface area contributed by atoms with Crippen LogP contribution in [0.3, 0.4) is 0 Å². The van der Waals surface area contributed by atoms with Crippen molar-refractivity contribution in [1.82, 2.24) is 0 Å². The van der Waals surface area contributed by atoms with Gasteiger partial charge in [0.05, 0.1) is 19.8 Å². The molecular weight excluding hydrogens is 367 g/mol. The van der Waals surface area contributed by atoms with Crippen molar-refractivity contribution in [3.63, 3.8) is 0 Å². The van der Waals surface area contributed by atoms with Gasteiger partial charge in [0.25, 0.3) is 0 Å². The summed E-state index contributed by atoms with van der Waals surface area (Å²) >= 11 is 14.9. The van der Waals surface area contributed by atoms with E-state index < -0.39 is 9.84 Å². The van der Waals surface area contributed by atoms with Gasteiger partial charge in [0, 0.05) is 9.79 Å². The minimum atomic E-state index is -3.58. The van der Waals surface area contributed by atoms with Crippen LogP contribution >= 0.6 is 46.7 Å². The van der Waals surface area contributed by atoms with E-state index in [0.717, 1.165) is 9.79 Å². The lowest BCUT2D eigenvalue weighted by Gasteiger charge is -2.09. The van der Waals surface area contributed by atoms with Crippen molar-refractivity contribution in [2.75, 3.05) is 12.5 Å². The normalized spacial score (nSPS) is 11.6. The van der Waals surface area contributed by atoms with Crippen LogP contribution in [0.5, 0.6) is 0 Å². The first-order valence-electron chi connectivity index (χ1n) is 5.82. The van der Waals surface area contributed by atoms with E-state index in [1.165, 1.54) is 35.7 Å². The molecule has 2 aromatic carbocycles. The third-order valence-corrected chi connectivity index (χ3v) is 7.05. The Hall–Kier alpha value is -0.330. The zero-order valence-electron chi connectivity index (χ0n) is 11.3. The van der Waals surface area contributed by atoms with Gasteiger partial charge in [-0.1, -0.05) is 23.2 Å². The Kier molecular flexibility index (Phi) is 5.54. The number of benzene rings is 2. The third kappa shape index (κ3) is 3.54. The van der Waals surface area contributed by atoms with Crippen LogP contribution in [-0.2, 0) is 9.84 Å². The van der Waals surface area contributed by atoms with Crippen molar-refractivity contribution in [3.05, 3.63) is 46.4 Å². The summed E-state index contributed by atoms with van der Waals surface area (Å²) in [5.41, 5.74) is 0. The van der Waals surface area contributed by atoms with Crippen LogP contribution in [0.4, 0.5) is 0 Å². The van der Waals surface area contributed by atoms with Crippen LogP contribution < -0.4 is 0 Å². The zero-order chi connectivity index (χ0) is 15.6. The van der Waals surface area contributed by atoms with E-state index >= 15 is 0 Å². The summed E-state index contributed by atoms with van der Waals surface area (Å²) in [6.07, 6.45) is 3.71. The van der Waals surface area contributed by atoms with Gasteiger partial charge in [-0.25, -0.2) is 8.42 Å². The predicted octanol–water partition coefficient (Wildman–Crippen LogP) is 5.27. The van der Waals surface area contributed by atoms with Crippen LogP contribution in [0.1, 0.15) is 0 Å². The lowest BCUT2D eigenvalue weighted by atomic mass is 10.3. The van der Waals surface area contributed by atoms with Crippen molar-refractivity contribution >= 4 is 56.6 Å². The quantitative estimate of drug-likeness (QED) is 0.678. The molecule has 2 aromatic rings. The Bertz CT molecular complexity index is 714. The monoisotopic (exact) mass is 378 g/mol. The highest BCUT2D eigenvalue weighted by molar-refractivity contribution is 7.99. The van der Waals surface area contributed by atoms with E-state index in [1.807, 2.05) is 12.5 Å². The highest BCUT2D eigenvalue weighted by Crippen LogP contribution is 2.33. The van der Waals surface area contributed by atoms with Gasteiger partial charge in [0.1, 0.15) is 0 Å². The summed E-state index contributed by atoms with van der Waals surface area (Å²) in [7, 11) is -3.58. The van der Waals surface area contributed by atoms with E-state index in [1.54, 1.807) is 24.3 Å². The average molecular weight is 379 g/mol. The molecular formula is C14H12Cl2O2S3. The summed E-state index contributed by atoms with van der Waals surface area (Å²) in [6.45, 7) is 0. The molecule has 0 fully saturated rings. The standard InChI is InChI=1S/C14H12Cl2O2S3/c1-19-13-7-9(3-5-11(13)15)21(17,18)10-4-6-12(16)14(8-10)20-2/h3-8H,1-2H3. The van der Waals surface area contributed by atoms with Gasteiger partial charge in [-0.05, 0) is 48.9 Å². The maximum atomic E-state index is 12.7. The number of hydrogen-bond acceptors (Lipinski definition) is 4. The first-order valence-corrected chi connectivity index (χ1v) is 10.5. The number of hydrogen-bond donors (Lipinski definition) is 0. The largest absolute Gasteiger partial charge is 0.219 e. The molecule has 0 atom stereocenters. The molecule has 0 aromatic heterocycles. The second-order valence-electron chi connectivity index (χ2n) is 4.10. The van der Waals surface area contributed by atoms with E-state index in [9.17, 15) is 8.42 Å². The molecule has 0 unspecified atom stereocenters. The van der Waals surface area contributed by atoms with Gasteiger partial charge < -0.3 is 0 Å². The van der Waals surface area contributed by atoms with Crippen molar-refractivity contribution in [2.24, 2.45) is 0 Å². The van der Waals surface area contributed by atoms with Crippen molar-refractivity contribution in [1.29, 1.82) is 0 Å². The number of thioether (sulfide) groups is 2. The van der Waals surface area contributed by atoms with E-state index in [0.29, 0.717) is 10.0 Å². The lowest BCUT2D eigenvalue weighted by molar-refractivity contribution is 0.595. The Labute approximate surface area is 143 Å². The minimum Gasteiger partial charge on any atom is -0.219 e. The SMILES string of the molecule is CSc1cc(S(=O)(=O)c2ccc(Cl)c(SC)c2)ccc1Cl. The van der Waals surface area contributed by atoms with Crippen LogP contribution in [-0.4, -0.2) is 20.9 Å². The highest BCUT2D eigenvalue weighted by Gasteiger charge is 2.20. The molecule has 21 heavy (non-hydrogen) atoms. The molecule has 7 heteroatoms. The first-order chi connectivity index (χ1) is 9.90. The van der Waals surface area contributed by atoms with Gasteiger partial charge in [-0.2, -0.15) is 0 Å². The lowest BCUT2D eigenvalue weighted by Crippen LogP contribution is -2.02. The molecule has 0 heterocycles. The molecule has 0 aliphatic carbocycles. The second-order valence-corrected chi connectivity index (χ2v) is 8.56. The molecule has 2 nitrogen and oxygen atoms in total. The molecule has 0 saturated heterocycles. The number of halogens is 2. The fraction of sp³-hybridized carbons (Fsp3) is 0.143. The molecule has 0 spiro atoms. The van der Waals surface area contributed by atoms with E-state index in [-0.39, 0.29) is 9.79 Å². The molecule has 0 bridgehead atoms. The van der Waals surface area contributed by atoms with Crippen LogP contribution in [0.25, 0.3) is 0 Å². The van der Waals surface area contributed by atoms with Gasteiger partial charge in [0.15, 0.2) is 0 Å². The molecule has 0 saturated carbocycles. The molecule has 0 aliphatic rings. The predicted molar refractivity (Wildman–Crippen MR) is 91.9 cm³/mol. The summed E-state index contributed by atoms with van der Waals surface area (Å²) in [4.78, 5) is 1.92. The molecule has 2 rings (SSSR count). The Morgan fingerprint density at radius 3 is 1.52 bits per heavy atom. The second kappa shape index (κ2) is 6.84. The van der Waals surface area contributed by atoms with Crippen LogP contribution in [0, 0.1) is 0 Å². The summed E-state index contributed by atoms with van der Waals surface area (Å²) in [5.74, 6) is 0. The van der Waals surface area contributed by atoms with Gasteiger partial charge >= 0.3 is 0 Å².